The van der Waals surface area contributed by atoms with Gasteiger partial charge in [-0.1, -0.05) is 48.5 Å². The Hall–Kier alpha value is -3.74. The van der Waals surface area contributed by atoms with Gasteiger partial charge in [0.25, 0.3) is 0 Å². The number of piperidine rings is 1. The summed E-state index contributed by atoms with van der Waals surface area (Å²) in [7, 11) is 0. The summed E-state index contributed by atoms with van der Waals surface area (Å²) in [4.78, 5) is 29.2. The van der Waals surface area contributed by atoms with E-state index in [1.807, 2.05) is 74.2 Å². The van der Waals surface area contributed by atoms with E-state index in [9.17, 15) is 9.59 Å². The van der Waals surface area contributed by atoms with Crippen LogP contribution in [0.25, 0.3) is 10.9 Å². The van der Waals surface area contributed by atoms with E-state index in [0.29, 0.717) is 19.4 Å². The Balaban J connectivity index is 1.45. The molecule has 7 heteroatoms. The Labute approximate surface area is 216 Å². The highest BCUT2D eigenvalue weighted by atomic mass is 16.6. The summed E-state index contributed by atoms with van der Waals surface area (Å²) in [5, 5.41) is 1.03. The van der Waals surface area contributed by atoms with Gasteiger partial charge in [-0.3, -0.25) is 4.90 Å². The number of benzene rings is 2. The molecule has 3 aromatic rings. The molecule has 0 spiro atoms. The number of hydrogen-bond acceptors (Lipinski definition) is 5. The van der Waals surface area contributed by atoms with Gasteiger partial charge in [0.1, 0.15) is 12.2 Å². The van der Waals surface area contributed by atoms with Crippen molar-refractivity contribution in [1.29, 1.82) is 0 Å². The standard InChI is InChI=1S/C30H32N2O5/c1-30(2,3)37-29(34)32-24-12-8-7-11-21(24)22-16-25-23-18-35-14-13-20(23)15-26(27(22)32)31(25)28(33)36-17-19-9-5-4-6-10-19/h4-14,20,23,25-26H,15-18H2,1-3H3/t20-,23-,25-,26+/m1/s1. The Morgan fingerprint density at radius 1 is 1.03 bits per heavy atom. The molecular weight excluding hydrogens is 468 g/mol. The van der Waals surface area contributed by atoms with Crippen LogP contribution in [0.2, 0.25) is 0 Å². The molecule has 4 heterocycles. The van der Waals surface area contributed by atoms with Crippen LogP contribution in [0.4, 0.5) is 9.59 Å². The van der Waals surface area contributed by atoms with Crippen molar-refractivity contribution >= 4 is 23.1 Å². The summed E-state index contributed by atoms with van der Waals surface area (Å²) in [6.07, 6.45) is 4.40. The van der Waals surface area contributed by atoms with Crippen LogP contribution in [0.1, 0.15) is 50.1 Å². The lowest BCUT2D eigenvalue weighted by Gasteiger charge is -2.52. The molecule has 1 saturated heterocycles. The van der Waals surface area contributed by atoms with E-state index < -0.39 is 11.7 Å². The molecule has 7 nitrogen and oxygen atoms in total. The summed E-state index contributed by atoms with van der Waals surface area (Å²) in [5.74, 6) is 0.405. The Kier molecular flexibility index (Phi) is 5.74. The molecule has 0 radical (unpaired) electrons. The quantitative estimate of drug-likeness (QED) is 0.418. The van der Waals surface area contributed by atoms with Gasteiger partial charge in [0, 0.05) is 17.3 Å². The van der Waals surface area contributed by atoms with Gasteiger partial charge in [-0.25, -0.2) is 14.2 Å². The molecular formula is C30H32N2O5. The van der Waals surface area contributed by atoms with E-state index >= 15 is 0 Å². The highest BCUT2D eigenvalue weighted by molar-refractivity contribution is 5.94. The van der Waals surface area contributed by atoms with E-state index in [-0.39, 0.29) is 36.6 Å². The molecule has 0 saturated carbocycles. The molecule has 2 aromatic carbocycles. The van der Waals surface area contributed by atoms with Crippen molar-refractivity contribution in [2.45, 2.75) is 57.9 Å². The second-order valence-electron chi connectivity index (χ2n) is 11.2. The van der Waals surface area contributed by atoms with E-state index in [2.05, 4.69) is 12.1 Å². The first-order valence-electron chi connectivity index (χ1n) is 12.9. The predicted molar refractivity (Wildman–Crippen MR) is 139 cm³/mol. The fraction of sp³-hybridized carbons (Fsp3) is 0.400. The number of hydrogen-bond donors (Lipinski definition) is 0. The number of fused-ring (bicyclic) bond motifs is 8. The van der Waals surface area contributed by atoms with Crippen molar-refractivity contribution in [1.82, 2.24) is 9.47 Å². The van der Waals surface area contributed by atoms with Crippen molar-refractivity contribution in [2.75, 3.05) is 6.61 Å². The number of aromatic nitrogens is 1. The average Bonchev–Trinajstić information content (AvgIpc) is 3.21. The molecule has 192 valence electrons. The summed E-state index contributed by atoms with van der Waals surface area (Å²) < 4.78 is 19.1. The number of ether oxygens (including phenoxy) is 3. The fourth-order valence-electron chi connectivity index (χ4n) is 6.20. The van der Waals surface area contributed by atoms with Crippen LogP contribution in [0.3, 0.4) is 0 Å². The molecule has 3 aliphatic rings. The van der Waals surface area contributed by atoms with Crippen LogP contribution in [0, 0.1) is 11.8 Å². The number of nitrogens with zero attached hydrogens (tertiary/aromatic N) is 2. The molecule has 0 unspecified atom stereocenters. The van der Waals surface area contributed by atoms with E-state index in [1.54, 1.807) is 10.8 Å². The minimum Gasteiger partial charge on any atom is -0.501 e. The van der Waals surface area contributed by atoms with Crippen molar-refractivity contribution in [3.05, 3.63) is 83.8 Å². The highest BCUT2D eigenvalue weighted by Gasteiger charge is 2.52. The van der Waals surface area contributed by atoms with Crippen LogP contribution in [-0.2, 0) is 27.2 Å². The average molecular weight is 501 g/mol. The minimum absolute atomic E-state index is 0.0950. The molecule has 4 atom stereocenters. The van der Waals surface area contributed by atoms with Gasteiger partial charge in [-0.15, -0.1) is 0 Å². The van der Waals surface area contributed by atoms with Crippen LogP contribution in [-0.4, -0.2) is 39.9 Å². The van der Waals surface area contributed by atoms with Crippen molar-refractivity contribution in [2.24, 2.45) is 11.8 Å². The Morgan fingerprint density at radius 3 is 2.57 bits per heavy atom. The SMILES string of the molecule is CC(C)(C)OC(=O)n1c2c(c3ccccc31)C[C@@H]1[C@@H]3COC=C[C@@H]3C[C@@H]2N1C(=O)OCc1ccccc1. The molecule has 6 rings (SSSR count). The zero-order chi connectivity index (χ0) is 25.7. The third-order valence-electron chi connectivity index (χ3n) is 7.68. The fourth-order valence-corrected chi connectivity index (χ4v) is 6.20. The second-order valence-corrected chi connectivity index (χ2v) is 11.2. The summed E-state index contributed by atoms with van der Waals surface area (Å²) in [5.41, 5.74) is 3.03. The normalized spacial score (nSPS) is 24.1. The maximum Gasteiger partial charge on any atom is 0.419 e. The topological polar surface area (TPSA) is 70.0 Å². The third-order valence-corrected chi connectivity index (χ3v) is 7.68. The number of allylic oxidation sites excluding steroid dienone is 1. The first-order valence-corrected chi connectivity index (χ1v) is 12.9. The summed E-state index contributed by atoms with van der Waals surface area (Å²) in [6, 6.07) is 17.2. The molecule has 0 aliphatic carbocycles. The van der Waals surface area contributed by atoms with E-state index in [4.69, 9.17) is 14.2 Å². The van der Waals surface area contributed by atoms with Crippen LogP contribution in [0.5, 0.6) is 0 Å². The highest BCUT2D eigenvalue weighted by Crippen LogP contribution is 2.51. The van der Waals surface area contributed by atoms with Crippen LogP contribution >= 0.6 is 0 Å². The lowest BCUT2D eigenvalue weighted by Crippen LogP contribution is -2.58. The number of rotatable bonds is 2. The zero-order valence-corrected chi connectivity index (χ0v) is 21.4. The van der Waals surface area contributed by atoms with Gasteiger partial charge in [0.15, 0.2) is 0 Å². The molecule has 37 heavy (non-hydrogen) atoms. The smallest absolute Gasteiger partial charge is 0.419 e. The first-order chi connectivity index (χ1) is 17.8. The Bertz CT molecular complexity index is 1370. The summed E-state index contributed by atoms with van der Waals surface area (Å²) >= 11 is 0. The largest absolute Gasteiger partial charge is 0.501 e. The van der Waals surface area contributed by atoms with Crippen molar-refractivity contribution in [3.8, 4) is 0 Å². The Morgan fingerprint density at radius 2 is 1.78 bits per heavy atom. The number of carbonyl (C=O) groups is 2. The van der Waals surface area contributed by atoms with Crippen molar-refractivity contribution < 1.29 is 23.8 Å². The van der Waals surface area contributed by atoms with Gasteiger partial charge in [-0.05, 0) is 62.8 Å². The predicted octanol–water partition coefficient (Wildman–Crippen LogP) is 6.21. The monoisotopic (exact) mass is 500 g/mol. The summed E-state index contributed by atoms with van der Waals surface area (Å²) in [6.45, 7) is 6.35. The van der Waals surface area contributed by atoms with Crippen LogP contribution < -0.4 is 0 Å². The molecule has 1 amide bonds. The maximum absolute atomic E-state index is 13.7. The van der Waals surface area contributed by atoms with Crippen LogP contribution in [0.15, 0.2) is 66.9 Å². The minimum atomic E-state index is -0.651. The van der Waals surface area contributed by atoms with Gasteiger partial charge in [0.2, 0.25) is 0 Å². The van der Waals surface area contributed by atoms with E-state index in [1.165, 1.54) is 0 Å². The lowest BCUT2D eigenvalue weighted by atomic mass is 9.70. The zero-order valence-electron chi connectivity index (χ0n) is 21.4. The van der Waals surface area contributed by atoms with E-state index in [0.717, 1.165) is 27.7 Å². The number of para-hydroxylation sites is 1. The first kappa shape index (κ1) is 23.6. The third kappa shape index (κ3) is 4.16. The van der Waals surface area contributed by atoms with Gasteiger partial charge < -0.3 is 14.2 Å². The second kappa shape index (κ2) is 8.98. The molecule has 1 aromatic heterocycles. The molecule has 0 N–H and O–H groups in total. The number of amides is 1. The van der Waals surface area contributed by atoms with Crippen molar-refractivity contribution in [3.63, 3.8) is 0 Å². The lowest BCUT2D eigenvalue weighted by molar-refractivity contribution is -0.0328. The number of carbonyl (C=O) groups excluding carboxylic acids is 2. The molecule has 1 fully saturated rings. The van der Waals surface area contributed by atoms with Gasteiger partial charge >= 0.3 is 12.2 Å². The van der Waals surface area contributed by atoms with Gasteiger partial charge in [0.05, 0.1) is 30.1 Å². The molecule has 2 bridgehead atoms. The molecule has 3 aliphatic heterocycles. The van der Waals surface area contributed by atoms with Gasteiger partial charge in [-0.2, -0.15) is 0 Å². The maximum atomic E-state index is 13.7.